The Morgan fingerprint density at radius 1 is 1.48 bits per heavy atom. The summed E-state index contributed by atoms with van der Waals surface area (Å²) in [5.74, 6) is 0.396. The number of aryl methyl sites for hydroxylation is 1. The molecule has 7 heteroatoms. The number of hydrogen-bond acceptors (Lipinski definition) is 5. The van der Waals surface area contributed by atoms with E-state index < -0.39 is 0 Å². The number of carbonyl (C=O) groups is 1. The third-order valence-corrected chi connectivity index (χ3v) is 3.84. The number of amides is 1. The standard InChI is InChI=1S/C16H18N6O/c1-9-5-11-12(13(20-9)7-19-2)8-22(16(11)23)14-4-3-10(6-17)15(18)21-14/h3-6,18-19H,7-8,17H2,1-2H3/b10-6-,18-15?. The molecule has 0 fully saturated rings. The van der Waals surface area contributed by atoms with Gasteiger partial charge in [0.2, 0.25) is 0 Å². The van der Waals surface area contributed by atoms with Crippen molar-refractivity contribution in [2.75, 3.05) is 7.05 Å². The number of pyridine rings is 1. The summed E-state index contributed by atoms with van der Waals surface area (Å²) in [7, 11) is 1.85. The zero-order chi connectivity index (χ0) is 16.6. The molecular formula is C16H18N6O. The number of rotatable bonds is 2. The van der Waals surface area contributed by atoms with E-state index in [0.29, 0.717) is 30.1 Å². The van der Waals surface area contributed by atoms with E-state index in [2.05, 4.69) is 15.3 Å². The largest absolute Gasteiger partial charge is 0.404 e. The number of aliphatic imine (C=N–C) groups is 1. The Balaban J connectivity index is 1.97. The van der Waals surface area contributed by atoms with Crippen LogP contribution in [-0.4, -0.2) is 34.5 Å². The number of hydrogen-bond donors (Lipinski definition) is 3. The number of nitrogens with one attached hydrogen (secondary N) is 2. The van der Waals surface area contributed by atoms with Crippen LogP contribution < -0.4 is 11.1 Å². The molecule has 0 unspecified atom stereocenters. The normalized spacial score (nSPS) is 18.6. The van der Waals surface area contributed by atoms with E-state index in [-0.39, 0.29) is 11.7 Å². The second-order valence-electron chi connectivity index (χ2n) is 5.43. The Morgan fingerprint density at radius 3 is 2.91 bits per heavy atom. The lowest BCUT2D eigenvalue weighted by molar-refractivity contribution is 0.0866. The summed E-state index contributed by atoms with van der Waals surface area (Å²) in [6.45, 7) is 2.89. The van der Waals surface area contributed by atoms with Gasteiger partial charge < -0.3 is 11.1 Å². The van der Waals surface area contributed by atoms with Gasteiger partial charge in [-0.2, -0.15) is 0 Å². The fourth-order valence-electron chi connectivity index (χ4n) is 2.75. The van der Waals surface area contributed by atoms with Crippen LogP contribution >= 0.6 is 0 Å². The van der Waals surface area contributed by atoms with E-state index in [9.17, 15) is 4.79 Å². The third kappa shape index (κ3) is 2.55. The van der Waals surface area contributed by atoms with Gasteiger partial charge in [0.15, 0.2) is 5.84 Å². The van der Waals surface area contributed by atoms with Crippen molar-refractivity contribution in [2.24, 2.45) is 10.7 Å². The molecule has 23 heavy (non-hydrogen) atoms. The molecule has 2 aliphatic heterocycles. The predicted molar refractivity (Wildman–Crippen MR) is 88.2 cm³/mol. The molecule has 0 atom stereocenters. The molecule has 118 valence electrons. The van der Waals surface area contributed by atoms with Crippen molar-refractivity contribution >= 4 is 17.6 Å². The molecule has 1 aromatic heterocycles. The van der Waals surface area contributed by atoms with Crippen LogP contribution in [0.1, 0.15) is 27.3 Å². The van der Waals surface area contributed by atoms with Gasteiger partial charge >= 0.3 is 0 Å². The number of aromatic nitrogens is 1. The van der Waals surface area contributed by atoms with Gasteiger partial charge in [-0.05, 0) is 32.2 Å². The van der Waals surface area contributed by atoms with E-state index in [1.807, 2.05) is 14.0 Å². The molecule has 3 rings (SSSR count). The topological polar surface area (TPSA) is 107 Å². The van der Waals surface area contributed by atoms with Gasteiger partial charge in [-0.3, -0.25) is 20.1 Å². The van der Waals surface area contributed by atoms with Crippen molar-refractivity contribution in [1.82, 2.24) is 15.2 Å². The molecule has 1 aromatic rings. The van der Waals surface area contributed by atoms with E-state index in [0.717, 1.165) is 17.0 Å². The molecule has 3 heterocycles. The molecule has 1 amide bonds. The van der Waals surface area contributed by atoms with Gasteiger partial charge in [0, 0.05) is 35.1 Å². The second-order valence-corrected chi connectivity index (χ2v) is 5.43. The summed E-state index contributed by atoms with van der Waals surface area (Å²) in [5.41, 5.74) is 9.23. The first-order chi connectivity index (χ1) is 11.0. The lowest BCUT2D eigenvalue weighted by Crippen LogP contribution is -2.32. The molecule has 0 aliphatic carbocycles. The molecule has 0 saturated heterocycles. The highest BCUT2D eigenvalue weighted by Gasteiger charge is 2.33. The number of fused-ring (bicyclic) bond motifs is 1. The Morgan fingerprint density at radius 2 is 2.26 bits per heavy atom. The smallest absolute Gasteiger partial charge is 0.260 e. The van der Waals surface area contributed by atoms with Gasteiger partial charge in [-0.25, -0.2) is 4.99 Å². The van der Waals surface area contributed by atoms with Gasteiger partial charge in [0.1, 0.15) is 5.84 Å². The van der Waals surface area contributed by atoms with Crippen LogP contribution in [0.3, 0.4) is 0 Å². The Hall–Kier alpha value is -2.80. The van der Waals surface area contributed by atoms with Gasteiger partial charge in [-0.1, -0.05) is 0 Å². The first-order valence-electron chi connectivity index (χ1n) is 7.28. The van der Waals surface area contributed by atoms with Crippen LogP contribution in [0.15, 0.2) is 35.0 Å². The molecule has 2 aliphatic rings. The van der Waals surface area contributed by atoms with Gasteiger partial charge in [-0.15, -0.1) is 0 Å². The van der Waals surface area contributed by atoms with E-state index >= 15 is 0 Å². The molecular weight excluding hydrogens is 292 g/mol. The summed E-state index contributed by atoms with van der Waals surface area (Å²) in [6.07, 6.45) is 4.73. The highest BCUT2D eigenvalue weighted by Crippen LogP contribution is 2.27. The lowest BCUT2D eigenvalue weighted by Gasteiger charge is -2.18. The fraction of sp³-hybridized carbons (Fsp3) is 0.250. The Bertz CT molecular complexity index is 790. The van der Waals surface area contributed by atoms with Crippen molar-refractivity contribution in [3.63, 3.8) is 0 Å². The minimum Gasteiger partial charge on any atom is -0.404 e. The van der Waals surface area contributed by atoms with Crippen LogP contribution in [0.25, 0.3) is 0 Å². The number of dihydropyridines is 1. The van der Waals surface area contributed by atoms with Gasteiger partial charge in [0.05, 0.1) is 12.2 Å². The third-order valence-electron chi connectivity index (χ3n) is 3.84. The summed E-state index contributed by atoms with van der Waals surface area (Å²) in [5, 5.41) is 10.9. The first kappa shape index (κ1) is 15.1. The molecule has 0 spiro atoms. The summed E-state index contributed by atoms with van der Waals surface area (Å²) in [6, 6.07) is 1.81. The van der Waals surface area contributed by atoms with Crippen molar-refractivity contribution < 1.29 is 4.79 Å². The summed E-state index contributed by atoms with van der Waals surface area (Å²) < 4.78 is 0. The Labute approximate surface area is 134 Å². The van der Waals surface area contributed by atoms with Crippen molar-refractivity contribution in [2.45, 2.75) is 20.0 Å². The van der Waals surface area contributed by atoms with Crippen molar-refractivity contribution in [3.8, 4) is 0 Å². The zero-order valence-corrected chi connectivity index (χ0v) is 13.1. The van der Waals surface area contributed by atoms with Crippen molar-refractivity contribution in [3.05, 3.63) is 52.5 Å². The average molecular weight is 310 g/mol. The van der Waals surface area contributed by atoms with E-state index in [4.69, 9.17) is 11.1 Å². The quantitative estimate of drug-likeness (QED) is 0.752. The monoisotopic (exact) mass is 310 g/mol. The average Bonchev–Trinajstić information content (AvgIpc) is 2.85. The number of nitrogens with two attached hydrogens (primary N) is 1. The molecule has 0 saturated carbocycles. The number of amidine groups is 2. The first-order valence-corrected chi connectivity index (χ1v) is 7.28. The number of nitrogens with zero attached hydrogens (tertiary/aromatic N) is 3. The summed E-state index contributed by atoms with van der Waals surface area (Å²) >= 11 is 0. The van der Waals surface area contributed by atoms with Crippen LogP contribution in [0.4, 0.5) is 0 Å². The second kappa shape index (κ2) is 5.77. The maximum Gasteiger partial charge on any atom is 0.260 e. The summed E-state index contributed by atoms with van der Waals surface area (Å²) in [4.78, 5) is 23.0. The van der Waals surface area contributed by atoms with Crippen LogP contribution in [0.2, 0.25) is 0 Å². The Kier molecular flexibility index (Phi) is 3.79. The van der Waals surface area contributed by atoms with Crippen LogP contribution in [-0.2, 0) is 13.1 Å². The van der Waals surface area contributed by atoms with Crippen LogP contribution in [0.5, 0.6) is 0 Å². The van der Waals surface area contributed by atoms with Gasteiger partial charge in [0.25, 0.3) is 5.91 Å². The highest BCUT2D eigenvalue weighted by molar-refractivity contribution is 6.19. The van der Waals surface area contributed by atoms with E-state index in [1.54, 1.807) is 23.1 Å². The number of carbonyl (C=O) groups excluding carboxylic acids is 1. The predicted octanol–water partition coefficient (Wildman–Crippen LogP) is 0.853. The minimum atomic E-state index is -0.112. The SMILES string of the molecule is CNCc1nc(C)cc2c1CN(C1=NC(=N)/C(=C\N)C=C1)C2=O. The highest BCUT2D eigenvalue weighted by atomic mass is 16.2. The lowest BCUT2D eigenvalue weighted by atomic mass is 10.1. The maximum atomic E-state index is 12.7. The minimum absolute atomic E-state index is 0.0542. The van der Waals surface area contributed by atoms with Crippen molar-refractivity contribution in [1.29, 1.82) is 5.41 Å². The molecule has 0 radical (unpaired) electrons. The van der Waals surface area contributed by atoms with Crippen LogP contribution in [0, 0.1) is 12.3 Å². The fourth-order valence-corrected chi connectivity index (χ4v) is 2.75. The maximum absolute atomic E-state index is 12.7. The van der Waals surface area contributed by atoms with E-state index in [1.165, 1.54) is 6.20 Å². The molecule has 4 N–H and O–H groups in total. The molecule has 7 nitrogen and oxygen atoms in total. The molecule has 0 aromatic carbocycles. The molecule has 0 bridgehead atoms. The zero-order valence-electron chi connectivity index (χ0n) is 13.1.